The molecule has 0 aliphatic carbocycles. The number of halogens is 1. The molecule has 0 bridgehead atoms. The number of amides is 1. The Morgan fingerprint density at radius 1 is 0.969 bits per heavy atom. The minimum absolute atomic E-state index is 0.191. The van der Waals surface area contributed by atoms with Gasteiger partial charge in [0.15, 0.2) is 0 Å². The van der Waals surface area contributed by atoms with Crippen LogP contribution < -0.4 is 9.62 Å². The summed E-state index contributed by atoms with van der Waals surface area (Å²) >= 11 is 0. The maximum absolute atomic E-state index is 14.0. The van der Waals surface area contributed by atoms with E-state index in [1.807, 2.05) is 0 Å². The van der Waals surface area contributed by atoms with Crippen LogP contribution in [0.25, 0.3) is 0 Å². The van der Waals surface area contributed by atoms with Gasteiger partial charge in [0, 0.05) is 11.1 Å². The zero-order chi connectivity index (χ0) is 23.3. The lowest BCUT2D eigenvalue weighted by atomic mass is 10.1. The third-order valence-electron chi connectivity index (χ3n) is 4.67. The van der Waals surface area contributed by atoms with E-state index in [0.29, 0.717) is 0 Å². The highest BCUT2D eigenvalue weighted by Gasteiger charge is 2.20. The van der Waals surface area contributed by atoms with Gasteiger partial charge in [-0.2, -0.15) is 0 Å². The summed E-state index contributed by atoms with van der Waals surface area (Å²) in [5.41, 5.74) is 1.23. The molecule has 3 aromatic rings. The summed E-state index contributed by atoms with van der Waals surface area (Å²) in [5.74, 6) is -1.59. The molecule has 3 aromatic carbocycles. The van der Waals surface area contributed by atoms with Gasteiger partial charge >= 0.3 is 5.97 Å². The van der Waals surface area contributed by atoms with Crippen molar-refractivity contribution in [3.05, 3.63) is 95.3 Å². The Bertz CT molecular complexity index is 1240. The fourth-order valence-corrected chi connectivity index (χ4v) is 3.91. The maximum atomic E-state index is 14.0. The molecule has 0 fully saturated rings. The Morgan fingerprint density at radius 2 is 1.59 bits per heavy atom. The number of methoxy groups -OCH3 is 1. The van der Waals surface area contributed by atoms with E-state index in [2.05, 4.69) is 5.32 Å². The van der Waals surface area contributed by atoms with Gasteiger partial charge in [-0.05, 0) is 42.5 Å². The van der Waals surface area contributed by atoms with Gasteiger partial charge < -0.3 is 10.1 Å². The number of sulfonamides is 1. The van der Waals surface area contributed by atoms with E-state index in [9.17, 15) is 22.4 Å². The minimum Gasteiger partial charge on any atom is -0.465 e. The summed E-state index contributed by atoms with van der Waals surface area (Å²) in [6, 6.07) is 18.1. The number of hydrogen-bond acceptors (Lipinski definition) is 5. The number of ether oxygens (including phenoxy) is 1. The first kappa shape index (κ1) is 23.0. The van der Waals surface area contributed by atoms with Crippen molar-refractivity contribution in [2.24, 2.45) is 0 Å². The van der Waals surface area contributed by atoms with Crippen LogP contribution >= 0.6 is 0 Å². The van der Waals surface area contributed by atoms with Crippen LogP contribution in [-0.4, -0.2) is 33.7 Å². The van der Waals surface area contributed by atoms with Crippen LogP contribution in [0.2, 0.25) is 0 Å². The number of benzene rings is 3. The number of carbonyl (C=O) groups is 2. The quantitative estimate of drug-likeness (QED) is 0.546. The number of esters is 1. The first-order chi connectivity index (χ1) is 15.2. The molecule has 9 heteroatoms. The van der Waals surface area contributed by atoms with Crippen LogP contribution in [0.15, 0.2) is 72.8 Å². The summed E-state index contributed by atoms with van der Waals surface area (Å²) in [6.07, 6.45) is 1.03. The summed E-state index contributed by atoms with van der Waals surface area (Å²) in [6.45, 7) is -0.191. The lowest BCUT2D eigenvalue weighted by Gasteiger charge is -2.23. The first-order valence-electron chi connectivity index (χ1n) is 9.50. The fourth-order valence-electron chi connectivity index (χ4n) is 3.03. The van der Waals surface area contributed by atoms with E-state index in [0.717, 1.165) is 10.6 Å². The van der Waals surface area contributed by atoms with E-state index in [1.54, 1.807) is 24.3 Å². The van der Waals surface area contributed by atoms with Crippen LogP contribution in [0.5, 0.6) is 0 Å². The van der Waals surface area contributed by atoms with Gasteiger partial charge in [0.05, 0.1) is 36.8 Å². The zero-order valence-corrected chi connectivity index (χ0v) is 18.2. The zero-order valence-electron chi connectivity index (χ0n) is 17.4. The second-order valence-electron chi connectivity index (χ2n) is 6.90. The largest absolute Gasteiger partial charge is 0.465 e. The Hall–Kier alpha value is -3.72. The lowest BCUT2D eigenvalue weighted by molar-refractivity contribution is 0.0602. The van der Waals surface area contributed by atoms with Crippen molar-refractivity contribution in [2.45, 2.75) is 6.54 Å². The van der Waals surface area contributed by atoms with Gasteiger partial charge in [-0.25, -0.2) is 17.6 Å². The van der Waals surface area contributed by atoms with E-state index in [1.165, 1.54) is 55.6 Å². The number of carbonyl (C=O) groups excluding carboxylic acids is 2. The van der Waals surface area contributed by atoms with Crippen molar-refractivity contribution < 1.29 is 27.1 Å². The van der Waals surface area contributed by atoms with Gasteiger partial charge in [0.1, 0.15) is 5.82 Å². The van der Waals surface area contributed by atoms with Crippen LogP contribution in [0.3, 0.4) is 0 Å². The summed E-state index contributed by atoms with van der Waals surface area (Å²) in [4.78, 5) is 24.5. The highest BCUT2D eigenvalue weighted by atomic mass is 32.2. The minimum atomic E-state index is -3.72. The Kier molecular flexibility index (Phi) is 6.89. The maximum Gasteiger partial charge on any atom is 0.339 e. The van der Waals surface area contributed by atoms with Gasteiger partial charge in [-0.1, -0.05) is 30.3 Å². The van der Waals surface area contributed by atoms with E-state index in [-0.39, 0.29) is 34.6 Å². The molecule has 0 spiro atoms. The molecule has 1 amide bonds. The topological polar surface area (TPSA) is 92.8 Å². The predicted octanol–water partition coefficient (Wildman–Crippen LogP) is 3.83. The van der Waals surface area contributed by atoms with Crippen molar-refractivity contribution in [3.63, 3.8) is 0 Å². The predicted molar refractivity (Wildman–Crippen MR) is 120 cm³/mol. The summed E-state index contributed by atoms with van der Waals surface area (Å²) < 4.78 is 44.4. The van der Waals surface area contributed by atoms with Crippen LogP contribution in [-0.2, 0) is 21.3 Å². The van der Waals surface area contributed by atoms with Crippen molar-refractivity contribution in [3.8, 4) is 0 Å². The van der Waals surface area contributed by atoms with Gasteiger partial charge in [-0.15, -0.1) is 0 Å². The van der Waals surface area contributed by atoms with Crippen LogP contribution in [0, 0.1) is 5.82 Å². The molecule has 7 nitrogen and oxygen atoms in total. The van der Waals surface area contributed by atoms with Crippen molar-refractivity contribution >= 4 is 33.3 Å². The van der Waals surface area contributed by atoms with Gasteiger partial charge in [0.25, 0.3) is 5.91 Å². The number of para-hydroxylation sites is 1. The normalized spacial score (nSPS) is 11.0. The molecule has 0 aliphatic rings. The third-order valence-corrected chi connectivity index (χ3v) is 5.81. The molecule has 0 radical (unpaired) electrons. The van der Waals surface area contributed by atoms with Crippen molar-refractivity contribution in [1.82, 2.24) is 0 Å². The number of anilines is 2. The molecule has 0 unspecified atom stereocenters. The van der Waals surface area contributed by atoms with E-state index < -0.39 is 27.7 Å². The number of nitrogens with zero attached hydrogens (tertiary/aromatic N) is 1. The molecule has 166 valence electrons. The SMILES string of the molecule is COC(=O)c1ccccc1NC(=O)c1ccc(N(Cc2ccccc2F)S(C)(=O)=O)cc1. The Balaban J connectivity index is 1.84. The summed E-state index contributed by atoms with van der Waals surface area (Å²) in [7, 11) is -2.47. The molecule has 0 atom stereocenters. The Labute approximate surface area is 185 Å². The third kappa shape index (κ3) is 5.30. The first-order valence-corrected chi connectivity index (χ1v) is 11.4. The molecule has 3 rings (SSSR count). The molecule has 0 saturated heterocycles. The van der Waals surface area contributed by atoms with Crippen molar-refractivity contribution in [2.75, 3.05) is 23.0 Å². The van der Waals surface area contributed by atoms with Crippen LogP contribution in [0.1, 0.15) is 26.3 Å². The number of rotatable bonds is 7. The molecule has 1 N–H and O–H groups in total. The smallest absolute Gasteiger partial charge is 0.339 e. The van der Waals surface area contributed by atoms with Gasteiger partial charge in [0.2, 0.25) is 10.0 Å². The monoisotopic (exact) mass is 456 g/mol. The van der Waals surface area contributed by atoms with E-state index in [4.69, 9.17) is 4.74 Å². The number of hydrogen-bond donors (Lipinski definition) is 1. The molecule has 0 saturated carbocycles. The summed E-state index contributed by atoms with van der Waals surface area (Å²) in [5, 5.41) is 2.65. The average molecular weight is 456 g/mol. The highest BCUT2D eigenvalue weighted by Crippen LogP contribution is 2.23. The standard InChI is InChI=1S/C23H21FN2O5S/c1-31-23(28)19-8-4-6-10-21(19)25-22(27)16-11-13-18(14-12-16)26(32(2,29)30)15-17-7-3-5-9-20(17)24/h3-14H,15H2,1-2H3,(H,25,27). The lowest BCUT2D eigenvalue weighted by Crippen LogP contribution is -2.29. The van der Waals surface area contributed by atoms with E-state index >= 15 is 0 Å². The van der Waals surface area contributed by atoms with Crippen molar-refractivity contribution in [1.29, 1.82) is 0 Å². The second kappa shape index (κ2) is 9.61. The number of nitrogens with one attached hydrogen (secondary N) is 1. The Morgan fingerprint density at radius 3 is 2.22 bits per heavy atom. The molecule has 0 heterocycles. The fraction of sp³-hybridized carbons (Fsp3) is 0.130. The average Bonchev–Trinajstić information content (AvgIpc) is 2.77. The molecule has 0 aromatic heterocycles. The van der Waals surface area contributed by atoms with Crippen LogP contribution in [0.4, 0.5) is 15.8 Å². The highest BCUT2D eigenvalue weighted by molar-refractivity contribution is 7.92. The molecular weight excluding hydrogens is 435 g/mol. The molecular formula is C23H21FN2O5S. The molecule has 32 heavy (non-hydrogen) atoms. The molecule has 0 aliphatic heterocycles. The second-order valence-corrected chi connectivity index (χ2v) is 8.81. The van der Waals surface area contributed by atoms with Gasteiger partial charge in [-0.3, -0.25) is 9.10 Å².